The normalized spacial score (nSPS) is 29.5. The van der Waals surface area contributed by atoms with Gasteiger partial charge in [0, 0.05) is 6.42 Å². The van der Waals surface area contributed by atoms with E-state index in [4.69, 9.17) is 15.2 Å². The van der Waals surface area contributed by atoms with Crippen molar-refractivity contribution in [2.45, 2.75) is 46.0 Å². The highest BCUT2D eigenvalue weighted by Crippen LogP contribution is 2.27. The van der Waals surface area contributed by atoms with E-state index >= 15 is 0 Å². The van der Waals surface area contributed by atoms with Crippen LogP contribution in [0, 0.1) is 5.41 Å². The van der Waals surface area contributed by atoms with Gasteiger partial charge in [-0.3, -0.25) is 0 Å². The summed E-state index contributed by atoms with van der Waals surface area (Å²) in [7, 11) is 0. The lowest BCUT2D eigenvalue weighted by molar-refractivity contribution is -0.0796. The quantitative estimate of drug-likeness (QED) is 0.728. The zero-order valence-electron chi connectivity index (χ0n) is 8.88. The van der Waals surface area contributed by atoms with Crippen LogP contribution >= 0.6 is 0 Å². The zero-order chi connectivity index (χ0) is 9.90. The van der Waals surface area contributed by atoms with Gasteiger partial charge in [0.05, 0.1) is 12.7 Å². The van der Waals surface area contributed by atoms with Crippen LogP contribution in [0.25, 0.3) is 0 Å². The minimum absolute atomic E-state index is 0.0171. The molecule has 3 heteroatoms. The maximum Gasteiger partial charge on any atom is 0.158 e. The molecule has 0 radical (unpaired) electrons. The Bertz CT molecular complexity index is 153. The molecular formula is C10H21NO2. The smallest absolute Gasteiger partial charge is 0.158 e. The maximum absolute atomic E-state index is 5.68. The summed E-state index contributed by atoms with van der Waals surface area (Å²) in [4.78, 5) is 0. The number of hydrogen-bond donors (Lipinski definition) is 1. The van der Waals surface area contributed by atoms with E-state index in [1.807, 2.05) is 0 Å². The Labute approximate surface area is 80.6 Å². The highest BCUT2D eigenvalue weighted by molar-refractivity contribution is 4.71. The molecule has 1 rings (SSSR count). The Balaban J connectivity index is 2.25. The molecule has 3 nitrogen and oxygen atoms in total. The molecule has 0 aromatic rings. The second-order valence-electron chi connectivity index (χ2n) is 4.86. The lowest BCUT2D eigenvalue weighted by atomic mass is 9.92. The first-order chi connectivity index (χ1) is 6.01. The van der Waals surface area contributed by atoms with Crippen molar-refractivity contribution in [1.82, 2.24) is 0 Å². The molecule has 2 atom stereocenters. The SMILES string of the molecule is CC(C)(C)CC1OCC(CCN)O1. The minimum atomic E-state index is -0.0171. The fourth-order valence-corrected chi connectivity index (χ4v) is 1.45. The Kier molecular flexibility index (Phi) is 3.71. The Morgan fingerprint density at radius 1 is 1.38 bits per heavy atom. The third-order valence-electron chi connectivity index (χ3n) is 2.08. The van der Waals surface area contributed by atoms with E-state index < -0.39 is 0 Å². The van der Waals surface area contributed by atoms with Crippen molar-refractivity contribution in [3.8, 4) is 0 Å². The highest BCUT2D eigenvalue weighted by Gasteiger charge is 2.28. The van der Waals surface area contributed by atoms with Crippen LogP contribution in [0.5, 0.6) is 0 Å². The molecule has 0 aromatic heterocycles. The molecule has 1 heterocycles. The summed E-state index contributed by atoms with van der Waals surface area (Å²) in [5.41, 5.74) is 5.71. The average Bonchev–Trinajstić information content (AvgIpc) is 2.33. The van der Waals surface area contributed by atoms with Crippen LogP contribution in [0.4, 0.5) is 0 Å². The van der Waals surface area contributed by atoms with Crippen molar-refractivity contribution in [3.05, 3.63) is 0 Å². The van der Waals surface area contributed by atoms with Crippen LogP contribution in [0.15, 0.2) is 0 Å². The minimum Gasteiger partial charge on any atom is -0.350 e. The second kappa shape index (κ2) is 4.40. The second-order valence-corrected chi connectivity index (χ2v) is 4.86. The number of rotatable bonds is 3. The van der Waals surface area contributed by atoms with Crippen LogP contribution in [0.1, 0.15) is 33.6 Å². The average molecular weight is 187 g/mol. The van der Waals surface area contributed by atoms with Gasteiger partial charge in [-0.1, -0.05) is 20.8 Å². The van der Waals surface area contributed by atoms with Gasteiger partial charge < -0.3 is 15.2 Å². The molecule has 0 spiro atoms. The zero-order valence-corrected chi connectivity index (χ0v) is 8.88. The van der Waals surface area contributed by atoms with Crippen molar-refractivity contribution in [3.63, 3.8) is 0 Å². The third kappa shape index (κ3) is 4.07. The van der Waals surface area contributed by atoms with E-state index in [0.29, 0.717) is 13.2 Å². The van der Waals surface area contributed by atoms with Gasteiger partial charge in [0.15, 0.2) is 6.29 Å². The summed E-state index contributed by atoms with van der Waals surface area (Å²) in [6.45, 7) is 7.95. The van der Waals surface area contributed by atoms with Crippen molar-refractivity contribution in [2.24, 2.45) is 11.1 Å². The molecular weight excluding hydrogens is 166 g/mol. The number of nitrogens with two attached hydrogens (primary N) is 1. The first kappa shape index (κ1) is 11.0. The monoisotopic (exact) mass is 187 g/mol. The topological polar surface area (TPSA) is 44.5 Å². The molecule has 0 aliphatic carbocycles. The Morgan fingerprint density at radius 2 is 2.08 bits per heavy atom. The van der Waals surface area contributed by atoms with Gasteiger partial charge in [-0.15, -0.1) is 0 Å². The molecule has 0 amide bonds. The lowest BCUT2D eigenvalue weighted by Crippen LogP contribution is -2.20. The summed E-state index contributed by atoms with van der Waals surface area (Å²) in [6, 6.07) is 0. The van der Waals surface area contributed by atoms with E-state index in [1.165, 1.54) is 0 Å². The van der Waals surface area contributed by atoms with Gasteiger partial charge in [0.25, 0.3) is 0 Å². The summed E-state index contributed by atoms with van der Waals surface area (Å²) < 4.78 is 11.2. The molecule has 2 N–H and O–H groups in total. The number of ether oxygens (including phenoxy) is 2. The van der Waals surface area contributed by atoms with Crippen LogP contribution in [-0.4, -0.2) is 25.5 Å². The standard InChI is InChI=1S/C10H21NO2/c1-10(2,3)6-9-12-7-8(13-9)4-5-11/h8-9H,4-7,11H2,1-3H3. The summed E-state index contributed by atoms with van der Waals surface area (Å²) >= 11 is 0. The van der Waals surface area contributed by atoms with Crippen molar-refractivity contribution in [2.75, 3.05) is 13.2 Å². The van der Waals surface area contributed by atoms with Crippen LogP contribution in [-0.2, 0) is 9.47 Å². The van der Waals surface area contributed by atoms with E-state index in [1.54, 1.807) is 0 Å². The van der Waals surface area contributed by atoms with Crippen LogP contribution in [0.3, 0.4) is 0 Å². The van der Waals surface area contributed by atoms with Crippen LogP contribution in [0.2, 0.25) is 0 Å². The summed E-state index contributed by atoms with van der Waals surface area (Å²) in [6.07, 6.45) is 2.06. The first-order valence-electron chi connectivity index (χ1n) is 4.98. The molecule has 78 valence electrons. The van der Waals surface area contributed by atoms with E-state index in [2.05, 4.69) is 20.8 Å². The maximum atomic E-state index is 5.68. The Hall–Kier alpha value is -0.120. The lowest BCUT2D eigenvalue weighted by Gasteiger charge is -2.21. The van der Waals surface area contributed by atoms with Gasteiger partial charge in [-0.25, -0.2) is 0 Å². The van der Waals surface area contributed by atoms with Gasteiger partial charge >= 0.3 is 0 Å². The number of hydrogen-bond acceptors (Lipinski definition) is 3. The predicted octanol–water partition coefficient (Wildman–Crippen LogP) is 1.51. The van der Waals surface area contributed by atoms with Gasteiger partial charge in [-0.05, 0) is 18.4 Å². The van der Waals surface area contributed by atoms with Gasteiger partial charge in [0.1, 0.15) is 0 Å². The van der Waals surface area contributed by atoms with E-state index in [9.17, 15) is 0 Å². The van der Waals surface area contributed by atoms with Gasteiger partial charge in [-0.2, -0.15) is 0 Å². The molecule has 0 bridgehead atoms. The molecule has 1 saturated heterocycles. The Morgan fingerprint density at radius 3 is 2.62 bits per heavy atom. The first-order valence-corrected chi connectivity index (χ1v) is 4.98. The predicted molar refractivity (Wildman–Crippen MR) is 52.4 cm³/mol. The van der Waals surface area contributed by atoms with Gasteiger partial charge in [0.2, 0.25) is 0 Å². The molecule has 1 aliphatic rings. The summed E-state index contributed by atoms with van der Waals surface area (Å²) in [5.74, 6) is 0. The van der Waals surface area contributed by atoms with E-state index in [-0.39, 0.29) is 17.8 Å². The van der Waals surface area contributed by atoms with Crippen LogP contribution < -0.4 is 5.73 Å². The molecule has 1 fully saturated rings. The molecule has 2 unspecified atom stereocenters. The fraction of sp³-hybridized carbons (Fsp3) is 1.00. The molecule has 13 heavy (non-hydrogen) atoms. The molecule has 0 aromatic carbocycles. The largest absolute Gasteiger partial charge is 0.350 e. The molecule has 0 saturated carbocycles. The third-order valence-corrected chi connectivity index (χ3v) is 2.08. The molecule has 1 aliphatic heterocycles. The van der Waals surface area contributed by atoms with E-state index in [0.717, 1.165) is 12.8 Å². The summed E-state index contributed by atoms with van der Waals surface area (Å²) in [5, 5.41) is 0. The van der Waals surface area contributed by atoms with Crippen molar-refractivity contribution >= 4 is 0 Å². The van der Waals surface area contributed by atoms with Crippen molar-refractivity contribution < 1.29 is 9.47 Å². The van der Waals surface area contributed by atoms with Crippen molar-refractivity contribution in [1.29, 1.82) is 0 Å². The fourth-order valence-electron chi connectivity index (χ4n) is 1.45. The highest BCUT2D eigenvalue weighted by atomic mass is 16.7.